The molecule has 1 aromatic carbocycles. The van der Waals surface area contributed by atoms with Crippen LogP contribution in [0.15, 0.2) is 36.5 Å². The molecule has 0 aliphatic heterocycles. The Morgan fingerprint density at radius 1 is 1.31 bits per heavy atom. The highest BCUT2D eigenvalue weighted by molar-refractivity contribution is 5.81. The summed E-state index contributed by atoms with van der Waals surface area (Å²) in [4.78, 5) is 14.3. The van der Waals surface area contributed by atoms with Gasteiger partial charge in [-0.1, -0.05) is 18.2 Å². The molecule has 16 heavy (non-hydrogen) atoms. The van der Waals surface area contributed by atoms with E-state index in [1.165, 1.54) is 6.07 Å². The summed E-state index contributed by atoms with van der Waals surface area (Å²) >= 11 is 0. The zero-order valence-electron chi connectivity index (χ0n) is 8.35. The molecule has 0 atom stereocenters. The molecule has 0 unspecified atom stereocenters. The molecule has 2 rings (SSSR count). The lowest BCUT2D eigenvalue weighted by atomic mass is 10.0. The van der Waals surface area contributed by atoms with Gasteiger partial charge < -0.3 is 5.73 Å². The van der Waals surface area contributed by atoms with E-state index < -0.39 is 5.82 Å². The third-order valence-electron chi connectivity index (χ3n) is 2.22. The van der Waals surface area contributed by atoms with E-state index in [9.17, 15) is 9.18 Å². The largest absolute Gasteiger partial charge is 0.383 e. The molecule has 0 spiro atoms. The zero-order valence-corrected chi connectivity index (χ0v) is 8.35. The topological polar surface area (TPSA) is 56.0 Å². The van der Waals surface area contributed by atoms with Crippen LogP contribution in [0.1, 0.15) is 10.4 Å². The minimum Gasteiger partial charge on any atom is -0.383 e. The van der Waals surface area contributed by atoms with Gasteiger partial charge in [-0.15, -0.1) is 0 Å². The molecule has 1 heterocycles. The predicted molar refractivity (Wildman–Crippen MR) is 59.4 cm³/mol. The highest BCUT2D eigenvalue weighted by Crippen LogP contribution is 2.25. The number of nitrogens with two attached hydrogens (primary N) is 1. The second-order valence-corrected chi connectivity index (χ2v) is 3.33. The lowest BCUT2D eigenvalue weighted by Crippen LogP contribution is -1.95. The van der Waals surface area contributed by atoms with Crippen LogP contribution in [0, 0.1) is 5.82 Å². The fraction of sp³-hybridized carbons (Fsp3) is 0. The second kappa shape index (κ2) is 4.10. The van der Waals surface area contributed by atoms with E-state index >= 15 is 0 Å². The number of aldehydes is 1. The first-order chi connectivity index (χ1) is 7.70. The van der Waals surface area contributed by atoms with Gasteiger partial charge in [0.05, 0.1) is 6.20 Å². The normalized spacial score (nSPS) is 10.1. The summed E-state index contributed by atoms with van der Waals surface area (Å²) in [7, 11) is 0. The summed E-state index contributed by atoms with van der Waals surface area (Å²) in [5, 5.41) is 0. The lowest BCUT2D eigenvalue weighted by Gasteiger charge is -2.05. The van der Waals surface area contributed by atoms with Crippen molar-refractivity contribution in [1.29, 1.82) is 0 Å². The standard InChI is InChI=1S/C12H9FN2O/c13-10-5-11(12(14)15-6-10)9-3-1-2-8(4-9)7-16/h1-7H,(H2,14,15). The molecule has 0 aliphatic rings. The Bertz CT molecular complexity index is 540. The van der Waals surface area contributed by atoms with E-state index in [1.54, 1.807) is 24.3 Å². The van der Waals surface area contributed by atoms with Crippen LogP contribution in [-0.4, -0.2) is 11.3 Å². The zero-order chi connectivity index (χ0) is 11.5. The second-order valence-electron chi connectivity index (χ2n) is 3.33. The lowest BCUT2D eigenvalue weighted by molar-refractivity contribution is 0.112. The fourth-order valence-electron chi connectivity index (χ4n) is 1.46. The van der Waals surface area contributed by atoms with Crippen molar-refractivity contribution in [1.82, 2.24) is 4.98 Å². The molecular weight excluding hydrogens is 207 g/mol. The summed E-state index contributed by atoms with van der Waals surface area (Å²) < 4.78 is 13.0. The van der Waals surface area contributed by atoms with Crippen molar-refractivity contribution in [2.45, 2.75) is 0 Å². The minimum absolute atomic E-state index is 0.240. The molecule has 0 saturated heterocycles. The van der Waals surface area contributed by atoms with Crippen LogP contribution < -0.4 is 5.73 Å². The molecule has 0 amide bonds. The Morgan fingerprint density at radius 3 is 2.88 bits per heavy atom. The smallest absolute Gasteiger partial charge is 0.150 e. The molecule has 2 aromatic rings. The Labute approximate surface area is 91.7 Å². The molecular formula is C12H9FN2O. The minimum atomic E-state index is -0.458. The van der Waals surface area contributed by atoms with Crippen LogP contribution in [-0.2, 0) is 0 Å². The SMILES string of the molecule is Nc1ncc(F)cc1-c1cccc(C=O)c1. The van der Waals surface area contributed by atoms with Gasteiger partial charge >= 0.3 is 0 Å². The van der Waals surface area contributed by atoms with E-state index in [2.05, 4.69) is 4.98 Å². The number of pyridine rings is 1. The molecule has 80 valence electrons. The number of nitrogen functional groups attached to an aromatic ring is 1. The predicted octanol–water partition coefficient (Wildman–Crippen LogP) is 2.28. The Balaban J connectivity index is 2.57. The molecule has 0 saturated carbocycles. The summed E-state index contributed by atoms with van der Waals surface area (Å²) in [5.41, 5.74) is 7.33. The van der Waals surface area contributed by atoms with Gasteiger partial charge in [0.25, 0.3) is 0 Å². The first kappa shape index (κ1) is 10.3. The average molecular weight is 216 g/mol. The summed E-state index contributed by atoms with van der Waals surface area (Å²) in [6, 6.07) is 8.06. The van der Waals surface area contributed by atoms with Gasteiger partial charge in [0.1, 0.15) is 17.9 Å². The number of benzene rings is 1. The fourth-order valence-corrected chi connectivity index (χ4v) is 1.46. The summed E-state index contributed by atoms with van der Waals surface area (Å²) in [6.07, 6.45) is 1.79. The number of nitrogens with zero attached hydrogens (tertiary/aromatic N) is 1. The number of carbonyl (C=O) groups is 1. The van der Waals surface area contributed by atoms with E-state index in [-0.39, 0.29) is 5.82 Å². The maximum absolute atomic E-state index is 13.0. The molecule has 2 N–H and O–H groups in total. The van der Waals surface area contributed by atoms with Crippen LogP contribution in [0.25, 0.3) is 11.1 Å². The number of anilines is 1. The van der Waals surface area contributed by atoms with Gasteiger partial charge in [-0.05, 0) is 17.7 Å². The molecule has 3 nitrogen and oxygen atoms in total. The van der Waals surface area contributed by atoms with E-state index in [0.29, 0.717) is 16.7 Å². The first-order valence-electron chi connectivity index (χ1n) is 4.67. The number of rotatable bonds is 2. The third-order valence-corrected chi connectivity index (χ3v) is 2.22. The molecule has 4 heteroatoms. The molecule has 0 aliphatic carbocycles. The van der Waals surface area contributed by atoms with Crippen molar-refractivity contribution in [2.75, 3.05) is 5.73 Å². The van der Waals surface area contributed by atoms with Crippen LogP contribution in [0.4, 0.5) is 10.2 Å². The van der Waals surface area contributed by atoms with Gasteiger partial charge in [0, 0.05) is 11.1 Å². The summed E-state index contributed by atoms with van der Waals surface area (Å²) in [6.45, 7) is 0. The average Bonchev–Trinajstić information content (AvgIpc) is 2.32. The Morgan fingerprint density at radius 2 is 2.12 bits per heavy atom. The van der Waals surface area contributed by atoms with Crippen LogP contribution in [0.3, 0.4) is 0 Å². The maximum Gasteiger partial charge on any atom is 0.150 e. The van der Waals surface area contributed by atoms with Gasteiger partial charge in [-0.3, -0.25) is 4.79 Å². The number of hydrogen-bond donors (Lipinski definition) is 1. The van der Waals surface area contributed by atoms with E-state index in [1.807, 2.05) is 0 Å². The summed E-state index contributed by atoms with van der Waals surface area (Å²) in [5.74, 6) is -0.217. The highest BCUT2D eigenvalue weighted by atomic mass is 19.1. The molecule has 1 aromatic heterocycles. The van der Waals surface area contributed by atoms with Crippen molar-refractivity contribution < 1.29 is 9.18 Å². The number of aromatic nitrogens is 1. The quantitative estimate of drug-likeness (QED) is 0.783. The number of halogens is 1. The molecule has 0 bridgehead atoms. The van der Waals surface area contributed by atoms with Crippen molar-refractivity contribution in [3.8, 4) is 11.1 Å². The van der Waals surface area contributed by atoms with Crippen LogP contribution >= 0.6 is 0 Å². The van der Waals surface area contributed by atoms with Crippen molar-refractivity contribution in [2.24, 2.45) is 0 Å². The maximum atomic E-state index is 13.0. The number of carbonyl (C=O) groups excluding carboxylic acids is 1. The van der Waals surface area contributed by atoms with E-state index in [4.69, 9.17) is 5.73 Å². The highest BCUT2D eigenvalue weighted by Gasteiger charge is 2.05. The number of hydrogen-bond acceptors (Lipinski definition) is 3. The van der Waals surface area contributed by atoms with Crippen LogP contribution in [0.2, 0.25) is 0 Å². The van der Waals surface area contributed by atoms with Crippen molar-refractivity contribution in [3.05, 3.63) is 47.9 Å². The van der Waals surface area contributed by atoms with Crippen molar-refractivity contribution in [3.63, 3.8) is 0 Å². The van der Waals surface area contributed by atoms with Crippen molar-refractivity contribution >= 4 is 12.1 Å². The Hall–Kier alpha value is -2.23. The Kier molecular flexibility index (Phi) is 2.64. The van der Waals surface area contributed by atoms with Gasteiger partial charge in [-0.25, -0.2) is 9.37 Å². The molecule has 0 fully saturated rings. The first-order valence-corrected chi connectivity index (χ1v) is 4.67. The van der Waals surface area contributed by atoms with Gasteiger partial charge in [0.15, 0.2) is 0 Å². The monoisotopic (exact) mass is 216 g/mol. The van der Waals surface area contributed by atoms with Gasteiger partial charge in [-0.2, -0.15) is 0 Å². The van der Waals surface area contributed by atoms with Crippen LogP contribution in [0.5, 0.6) is 0 Å². The third kappa shape index (κ3) is 1.91. The van der Waals surface area contributed by atoms with Gasteiger partial charge in [0.2, 0.25) is 0 Å². The molecule has 0 radical (unpaired) electrons. The van der Waals surface area contributed by atoms with E-state index in [0.717, 1.165) is 12.5 Å².